The summed E-state index contributed by atoms with van der Waals surface area (Å²) in [4.78, 5) is 3.96. The first-order chi connectivity index (χ1) is 12.3. The van der Waals surface area contributed by atoms with Gasteiger partial charge in [-0.3, -0.25) is 4.90 Å². The highest BCUT2D eigenvalue weighted by Crippen LogP contribution is 2.34. The number of likely N-dealkylation sites (tertiary alicyclic amines) is 1. The monoisotopic (exact) mass is 352 g/mol. The van der Waals surface area contributed by atoms with Crippen molar-refractivity contribution in [3.05, 3.63) is 65.7 Å². The molecule has 2 fully saturated rings. The van der Waals surface area contributed by atoms with E-state index in [0.29, 0.717) is 0 Å². The number of rotatable bonds is 8. The van der Waals surface area contributed by atoms with Gasteiger partial charge in [-0.15, -0.1) is 0 Å². The summed E-state index contributed by atoms with van der Waals surface area (Å²) in [5.41, 5.74) is 2.86. The molecule has 2 aliphatic rings. The van der Waals surface area contributed by atoms with Crippen molar-refractivity contribution in [3.8, 4) is 0 Å². The Morgan fingerprint density at radius 3 is 2.44 bits per heavy atom. The molecule has 0 spiro atoms. The zero-order valence-electron chi connectivity index (χ0n) is 14.9. The van der Waals surface area contributed by atoms with Gasteiger partial charge in [0.05, 0.1) is 0 Å². The molecule has 25 heavy (non-hydrogen) atoms. The second-order valence-electron chi connectivity index (χ2n) is 7.47. The number of hydrogen-bond acceptors (Lipinski definition) is 3. The largest absolute Gasteiger partial charge is 0.299 e. The van der Waals surface area contributed by atoms with Gasteiger partial charge < -0.3 is 0 Å². The van der Waals surface area contributed by atoms with Crippen molar-refractivity contribution in [3.63, 3.8) is 0 Å². The predicted molar refractivity (Wildman–Crippen MR) is 106 cm³/mol. The van der Waals surface area contributed by atoms with Gasteiger partial charge in [0.15, 0.2) is 0 Å². The molecule has 0 amide bonds. The molecule has 1 saturated heterocycles. The van der Waals surface area contributed by atoms with Crippen LogP contribution in [0.4, 0.5) is 0 Å². The van der Waals surface area contributed by atoms with Gasteiger partial charge in [-0.1, -0.05) is 42.5 Å². The minimum absolute atomic E-state index is 0.906. The van der Waals surface area contributed by atoms with Gasteiger partial charge in [0.2, 0.25) is 0 Å². The quantitative estimate of drug-likeness (QED) is 0.603. The first kappa shape index (κ1) is 17.1. The zero-order valence-corrected chi connectivity index (χ0v) is 15.8. The van der Waals surface area contributed by atoms with Crippen molar-refractivity contribution in [1.82, 2.24) is 9.21 Å². The SMILES string of the molecule is c1ccc(CN(CC2CC2)Sc2cccc(CN3CCCC3)c2)cc1. The number of benzene rings is 2. The first-order valence-corrected chi connectivity index (χ1v) is 10.4. The summed E-state index contributed by atoms with van der Waals surface area (Å²) in [7, 11) is 0. The fourth-order valence-corrected chi connectivity index (χ4v) is 4.70. The lowest BCUT2D eigenvalue weighted by Crippen LogP contribution is -2.19. The van der Waals surface area contributed by atoms with Crippen LogP contribution in [0.15, 0.2) is 59.5 Å². The Morgan fingerprint density at radius 2 is 1.68 bits per heavy atom. The van der Waals surface area contributed by atoms with E-state index in [4.69, 9.17) is 0 Å². The summed E-state index contributed by atoms with van der Waals surface area (Å²) in [5.74, 6) is 0.906. The molecule has 2 aromatic rings. The highest BCUT2D eigenvalue weighted by Gasteiger charge is 2.25. The third-order valence-corrected chi connectivity index (χ3v) is 6.10. The van der Waals surface area contributed by atoms with Gasteiger partial charge in [0.1, 0.15) is 0 Å². The molecule has 0 atom stereocenters. The lowest BCUT2D eigenvalue weighted by atomic mass is 10.2. The van der Waals surface area contributed by atoms with E-state index in [-0.39, 0.29) is 0 Å². The topological polar surface area (TPSA) is 6.48 Å². The molecule has 1 heterocycles. The molecule has 0 N–H and O–H groups in total. The zero-order chi connectivity index (χ0) is 16.9. The minimum atomic E-state index is 0.906. The molecular formula is C22H28N2S. The van der Waals surface area contributed by atoms with Gasteiger partial charge in [0.25, 0.3) is 0 Å². The summed E-state index contributed by atoms with van der Waals surface area (Å²) < 4.78 is 2.56. The van der Waals surface area contributed by atoms with Gasteiger partial charge in [-0.2, -0.15) is 0 Å². The summed E-state index contributed by atoms with van der Waals surface area (Å²) in [5, 5.41) is 0. The number of nitrogens with zero attached hydrogens (tertiary/aromatic N) is 2. The van der Waals surface area contributed by atoms with Crippen molar-refractivity contribution in [2.75, 3.05) is 19.6 Å². The van der Waals surface area contributed by atoms with Crippen LogP contribution >= 0.6 is 11.9 Å². The average molecular weight is 353 g/mol. The Hall–Kier alpha value is -1.29. The second-order valence-corrected chi connectivity index (χ2v) is 8.64. The molecule has 0 unspecified atom stereocenters. The maximum Gasteiger partial charge on any atom is 0.0344 e. The van der Waals surface area contributed by atoms with Crippen LogP contribution in [0.5, 0.6) is 0 Å². The van der Waals surface area contributed by atoms with Crippen molar-refractivity contribution in [2.24, 2.45) is 5.92 Å². The lowest BCUT2D eigenvalue weighted by Gasteiger charge is -2.22. The van der Waals surface area contributed by atoms with Crippen LogP contribution in [-0.2, 0) is 13.1 Å². The molecular weight excluding hydrogens is 324 g/mol. The Morgan fingerprint density at radius 1 is 0.920 bits per heavy atom. The molecule has 0 aromatic heterocycles. The van der Waals surface area contributed by atoms with Gasteiger partial charge >= 0.3 is 0 Å². The van der Waals surface area contributed by atoms with Crippen LogP contribution < -0.4 is 0 Å². The number of hydrogen-bond donors (Lipinski definition) is 0. The normalized spacial score (nSPS) is 18.1. The molecule has 3 heteroatoms. The van der Waals surface area contributed by atoms with Crippen LogP contribution in [-0.4, -0.2) is 28.8 Å². The lowest BCUT2D eigenvalue weighted by molar-refractivity contribution is 0.331. The second kappa shape index (κ2) is 8.39. The maximum atomic E-state index is 2.58. The Balaban J connectivity index is 1.41. The third kappa shape index (κ3) is 5.34. The first-order valence-electron chi connectivity index (χ1n) is 9.63. The van der Waals surface area contributed by atoms with E-state index in [2.05, 4.69) is 63.8 Å². The van der Waals surface area contributed by atoms with E-state index in [1.54, 1.807) is 0 Å². The molecule has 4 rings (SSSR count). The summed E-state index contributed by atoms with van der Waals surface area (Å²) in [6, 6.07) is 20.0. The Bertz CT molecular complexity index is 663. The van der Waals surface area contributed by atoms with Crippen LogP contribution in [0.2, 0.25) is 0 Å². The average Bonchev–Trinajstić information content (AvgIpc) is 3.29. The van der Waals surface area contributed by atoms with E-state index in [1.807, 2.05) is 11.9 Å². The molecule has 1 aliphatic carbocycles. The van der Waals surface area contributed by atoms with Gasteiger partial charge in [0, 0.05) is 24.5 Å². The van der Waals surface area contributed by atoms with E-state index in [1.165, 1.54) is 61.3 Å². The maximum absolute atomic E-state index is 2.58. The van der Waals surface area contributed by atoms with Gasteiger partial charge in [-0.05, 0) is 79.9 Å². The van der Waals surface area contributed by atoms with Crippen molar-refractivity contribution >= 4 is 11.9 Å². The predicted octanol–water partition coefficient (Wildman–Crippen LogP) is 5.20. The highest BCUT2D eigenvalue weighted by atomic mass is 32.2. The minimum Gasteiger partial charge on any atom is -0.299 e. The van der Waals surface area contributed by atoms with Crippen molar-refractivity contribution < 1.29 is 0 Å². The fourth-order valence-electron chi connectivity index (χ4n) is 3.56. The van der Waals surface area contributed by atoms with E-state index >= 15 is 0 Å². The summed E-state index contributed by atoms with van der Waals surface area (Å²) in [6.45, 7) is 5.86. The van der Waals surface area contributed by atoms with Gasteiger partial charge in [-0.25, -0.2) is 4.31 Å². The fraction of sp³-hybridized carbons (Fsp3) is 0.455. The smallest absolute Gasteiger partial charge is 0.0344 e. The summed E-state index contributed by atoms with van der Waals surface area (Å²) >= 11 is 1.94. The van der Waals surface area contributed by atoms with E-state index in [9.17, 15) is 0 Å². The molecule has 2 aromatic carbocycles. The van der Waals surface area contributed by atoms with Crippen LogP contribution in [0.1, 0.15) is 36.8 Å². The van der Waals surface area contributed by atoms with Crippen LogP contribution in [0.3, 0.4) is 0 Å². The Kier molecular flexibility index (Phi) is 5.75. The van der Waals surface area contributed by atoms with Crippen molar-refractivity contribution in [2.45, 2.75) is 43.7 Å². The molecule has 0 radical (unpaired) electrons. The van der Waals surface area contributed by atoms with Crippen LogP contribution in [0, 0.1) is 5.92 Å². The summed E-state index contributed by atoms with van der Waals surface area (Å²) in [6.07, 6.45) is 5.53. The van der Waals surface area contributed by atoms with E-state index in [0.717, 1.165) is 19.0 Å². The highest BCUT2D eigenvalue weighted by molar-refractivity contribution is 7.97. The standard InChI is InChI=1S/C22H28N2S/c1-2-7-19(8-3-1)17-24(18-20-11-12-20)25-22-10-6-9-21(15-22)16-23-13-4-5-14-23/h1-3,6-10,15,20H,4-5,11-14,16-18H2. The molecule has 1 aliphatic heterocycles. The van der Waals surface area contributed by atoms with E-state index < -0.39 is 0 Å². The van der Waals surface area contributed by atoms with Crippen molar-refractivity contribution in [1.29, 1.82) is 0 Å². The molecule has 132 valence electrons. The van der Waals surface area contributed by atoms with Crippen LogP contribution in [0.25, 0.3) is 0 Å². The molecule has 2 nitrogen and oxygen atoms in total. The molecule has 1 saturated carbocycles. The Labute approximate surface area is 156 Å². The molecule has 0 bridgehead atoms. The third-order valence-electron chi connectivity index (χ3n) is 5.10.